The van der Waals surface area contributed by atoms with E-state index in [1.165, 1.54) is 30.3 Å². The van der Waals surface area contributed by atoms with Gasteiger partial charge in [-0.15, -0.1) is 0 Å². The van der Waals surface area contributed by atoms with Crippen LogP contribution in [-0.4, -0.2) is 28.3 Å². The Morgan fingerprint density at radius 3 is 2.56 bits per heavy atom. The van der Waals surface area contributed by atoms with Crippen LogP contribution in [0.5, 0.6) is 5.75 Å². The molecular formula is C27H27F2NO4. The van der Waals surface area contributed by atoms with E-state index >= 15 is 0 Å². The number of aromatic hydroxyl groups is 1. The smallest absolute Gasteiger partial charge is 0.338 e. The number of carbonyl (C=O) groups excluding carboxylic acids is 1. The molecule has 0 fully saturated rings. The predicted molar refractivity (Wildman–Crippen MR) is 125 cm³/mol. The second-order valence-corrected chi connectivity index (χ2v) is 9.55. The number of phenols is 1. The Bertz CT molecular complexity index is 1230. The van der Waals surface area contributed by atoms with Crippen LogP contribution in [0.1, 0.15) is 47.3 Å². The van der Waals surface area contributed by atoms with Crippen molar-refractivity contribution in [1.82, 2.24) is 0 Å². The van der Waals surface area contributed by atoms with Crippen LogP contribution < -0.4 is 5.32 Å². The van der Waals surface area contributed by atoms with Crippen molar-refractivity contribution in [1.29, 1.82) is 0 Å². The van der Waals surface area contributed by atoms with Crippen molar-refractivity contribution >= 4 is 11.7 Å². The minimum Gasteiger partial charge on any atom is -0.508 e. The number of rotatable bonds is 8. The summed E-state index contributed by atoms with van der Waals surface area (Å²) in [6, 6.07) is 15.0. The van der Waals surface area contributed by atoms with Crippen molar-refractivity contribution in [2.75, 3.05) is 11.9 Å². The molecule has 1 aliphatic rings. The Kier molecular flexibility index (Phi) is 6.32. The van der Waals surface area contributed by atoms with Gasteiger partial charge in [0.25, 0.3) is 0 Å². The molecule has 3 aromatic carbocycles. The molecule has 178 valence electrons. The highest BCUT2D eigenvalue weighted by Gasteiger charge is 2.37. The molecular weight excluding hydrogens is 440 g/mol. The highest BCUT2D eigenvalue weighted by atomic mass is 19.1. The van der Waals surface area contributed by atoms with Crippen LogP contribution in [0.25, 0.3) is 0 Å². The molecule has 1 atom stereocenters. The van der Waals surface area contributed by atoms with E-state index in [1.807, 2.05) is 13.8 Å². The maximum atomic E-state index is 13.9. The first-order valence-electron chi connectivity index (χ1n) is 11.0. The molecule has 4 rings (SSSR count). The van der Waals surface area contributed by atoms with Gasteiger partial charge in [-0.1, -0.05) is 26.0 Å². The lowest BCUT2D eigenvalue weighted by Gasteiger charge is -2.37. The molecule has 0 aromatic heterocycles. The first-order valence-corrected chi connectivity index (χ1v) is 11.0. The minimum absolute atomic E-state index is 0.0595. The number of aliphatic hydroxyl groups is 1. The van der Waals surface area contributed by atoms with Crippen LogP contribution in [0.2, 0.25) is 0 Å². The van der Waals surface area contributed by atoms with E-state index in [-0.39, 0.29) is 37.7 Å². The average molecular weight is 468 g/mol. The zero-order valence-corrected chi connectivity index (χ0v) is 19.1. The van der Waals surface area contributed by atoms with Gasteiger partial charge in [0.1, 0.15) is 24.0 Å². The van der Waals surface area contributed by atoms with Crippen LogP contribution in [0.15, 0.2) is 60.7 Å². The van der Waals surface area contributed by atoms with E-state index in [0.29, 0.717) is 22.4 Å². The van der Waals surface area contributed by atoms with Crippen molar-refractivity contribution in [3.63, 3.8) is 0 Å². The lowest BCUT2D eigenvalue weighted by Crippen LogP contribution is -2.44. The summed E-state index contributed by atoms with van der Waals surface area (Å²) in [6.45, 7) is 3.92. The second-order valence-electron chi connectivity index (χ2n) is 9.55. The van der Waals surface area contributed by atoms with E-state index in [0.717, 1.165) is 5.56 Å². The summed E-state index contributed by atoms with van der Waals surface area (Å²) in [7, 11) is 0. The Labute approximate surface area is 197 Å². The lowest BCUT2D eigenvalue weighted by molar-refractivity contribution is 0.0253. The number of carbonyl (C=O) groups is 1. The number of phenolic OH excluding ortho intramolecular Hbond substituents is 1. The molecule has 0 saturated carbocycles. The quantitative estimate of drug-likeness (QED) is 0.402. The molecule has 5 nitrogen and oxygen atoms in total. The Hall–Kier alpha value is -3.45. The molecule has 0 saturated heterocycles. The van der Waals surface area contributed by atoms with E-state index in [1.54, 1.807) is 30.3 Å². The van der Waals surface area contributed by atoms with Crippen molar-refractivity contribution < 1.29 is 28.5 Å². The fourth-order valence-corrected chi connectivity index (χ4v) is 4.69. The maximum Gasteiger partial charge on any atom is 0.338 e. The van der Waals surface area contributed by atoms with Crippen LogP contribution >= 0.6 is 0 Å². The summed E-state index contributed by atoms with van der Waals surface area (Å²) >= 11 is 0. The normalized spacial score (nSPS) is 14.9. The molecule has 3 aromatic rings. The van der Waals surface area contributed by atoms with Gasteiger partial charge in [-0.25, -0.2) is 13.6 Å². The van der Waals surface area contributed by atoms with Gasteiger partial charge in [0, 0.05) is 29.8 Å². The SMILES string of the molecule is CC(C)(CC(O)(CNc1ccc2c(c1)COC2=O)Cc1cccc(F)c1)c1cc(F)ccc1O. The lowest BCUT2D eigenvalue weighted by atomic mass is 9.73. The summed E-state index contributed by atoms with van der Waals surface area (Å²) in [6.07, 6.45) is 0.275. The number of fused-ring (bicyclic) bond motifs is 1. The van der Waals surface area contributed by atoms with E-state index in [2.05, 4.69) is 5.32 Å². The monoisotopic (exact) mass is 467 g/mol. The van der Waals surface area contributed by atoms with Gasteiger partial charge >= 0.3 is 5.97 Å². The van der Waals surface area contributed by atoms with Crippen molar-refractivity contribution in [2.24, 2.45) is 0 Å². The molecule has 0 radical (unpaired) electrons. The van der Waals surface area contributed by atoms with E-state index < -0.39 is 22.7 Å². The maximum absolute atomic E-state index is 13.9. The van der Waals surface area contributed by atoms with Crippen LogP contribution in [-0.2, 0) is 23.2 Å². The molecule has 0 aliphatic carbocycles. The molecule has 1 unspecified atom stereocenters. The van der Waals surface area contributed by atoms with Gasteiger partial charge < -0.3 is 20.3 Å². The van der Waals surface area contributed by atoms with Gasteiger partial charge in [-0.2, -0.15) is 0 Å². The largest absolute Gasteiger partial charge is 0.508 e. The van der Waals surface area contributed by atoms with Crippen LogP contribution in [0, 0.1) is 11.6 Å². The van der Waals surface area contributed by atoms with Crippen molar-refractivity contribution in [2.45, 2.75) is 44.3 Å². The molecule has 1 heterocycles. The third-order valence-electron chi connectivity index (χ3n) is 6.19. The number of nitrogens with one attached hydrogen (secondary N) is 1. The third kappa shape index (κ3) is 5.20. The van der Waals surface area contributed by atoms with E-state index in [4.69, 9.17) is 4.74 Å². The summed E-state index contributed by atoms with van der Waals surface area (Å²) in [5.74, 6) is -1.31. The van der Waals surface area contributed by atoms with Crippen molar-refractivity contribution in [3.05, 3.63) is 94.6 Å². The Balaban J connectivity index is 1.61. The molecule has 0 amide bonds. The number of benzene rings is 3. The number of esters is 1. The standard InChI is InChI=1S/C27H27F2NO4/c1-26(2,23-12-20(29)6-9-24(23)31)15-27(33,13-17-4-3-5-19(28)10-17)16-30-21-7-8-22-18(11-21)14-34-25(22)32/h3-12,30-31,33H,13-16H2,1-2H3. The van der Waals surface area contributed by atoms with Gasteiger partial charge in [0.15, 0.2) is 0 Å². The number of hydrogen-bond donors (Lipinski definition) is 3. The summed E-state index contributed by atoms with van der Waals surface area (Å²) in [5, 5.41) is 25.3. The zero-order valence-electron chi connectivity index (χ0n) is 19.1. The molecule has 0 bridgehead atoms. The third-order valence-corrected chi connectivity index (χ3v) is 6.19. The van der Waals surface area contributed by atoms with Gasteiger partial charge in [-0.3, -0.25) is 0 Å². The highest BCUT2D eigenvalue weighted by molar-refractivity contribution is 5.93. The fourth-order valence-electron chi connectivity index (χ4n) is 4.69. The van der Waals surface area contributed by atoms with E-state index in [9.17, 15) is 23.8 Å². The number of cyclic esters (lactones) is 1. The number of anilines is 1. The summed E-state index contributed by atoms with van der Waals surface area (Å²) < 4.78 is 32.8. The fraction of sp³-hybridized carbons (Fsp3) is 0.296. The van der Waals surface area contributed by atoms with Gasteiger partial charge in [0.05, 0.1) is 11.2 Å². The molecule has 3 N–H and O–H groups in total. The first kappa shape index (κ1) is 23.7. The average Bonchev–Trinajstić information content (AvgIpc) is 3.14. The van der Waals surface area contributed by atoms with Crippen LogP contribution in [0.4, 0.5) is 14.5 Å². The van der Waals surface area contributed by atoms with Crippen molar-refractivity contribution in [3.8, 4) is 5.75 Å². The second kappa shape index (κ2) is 9.06. The summed E-state index contributed by atoms with van der Waals surface area (Å²) in [4.78, 5) is 11.7. The number of ether oxygens (including phenoxy) is 1. The van der Waals surface area contributed by atoms with Gasteiger partial charge in [0.2, 0.25) is 0 Å². The first-order chi connectivity index (χ1) is 16.0. The number of halogens is 2. The molecule has 34 heavy (non-hydrogen) atoms. The molecule has 0 spiro atoms. The highest BCUT2D eigenvalue weighted by Crippen LogP contribution is 2.39. The van der Waals surface area contributed by atoms with Gasteiger partial charge in [-0.05, 0) is 65.9 Å². The summed E-state index contributed by atoms with van der Waals surface area (Å²) in [5.41, 5.74) is 0.753. The predicted octanol–water partition coefficient (Wildman–Crippen LogP) is 5.09. The Morgan fingerprint density at radius 1 is 1.03 bits per heavy atom. The number of hydrogen-bond acceptors (Lipinski definition) is 5. The molecule has 1 aliphatic heterocycles. The van der Waals surface area contributed by atoms with Crippen LogP contribution in [0.3, 0.4) is 0 Å². The molecule has 7 heteroatoms. The minimum atomic E-state index is -1.39. The zero-order chi connectivity index (χ0) is 24.5. The topological polar surface area (TPSA) is 78.8 Å². The Morgan fingerprint density at radius 2 is 1.79 bits per heavy atom.